The van der Waals surface area contributed by atoms with Crippen LogP contribution < -0.4 is 9.80 Å². The maximum atomic E-state index is 6.34. The molecule has 22 aromatic rings. The number of fused-ring (bicyclic) bond motifs is 14. The van der Waals surface area contributed by atoms with Gasteiger partial charge in [-0.1, -0.05) is 243 Å². The quantitative estimate of drug-likeness (QED) is 0.115. The molecule has 0 amide bonds. The van der Waals surface area contributed by atoms with Crippen molar-refractivity contribution in [2.24, 2.45) is 0 Å². The highest BCUT2D eigenvalue weighted by atomic mass is 32.1. The van der Waals surface area contributed by atoms with Gasteiger partial charge in [0.1, 0.15) is 11.2 Å². The number of hydrogen-bond donors (Lipinski definition) is 0. The second-order valence-electron chi connectivity index (χ2n) is 28.6. The minimum absolute atomic E-state index is 0.874. The number of hydrogen-bond acceptors (Lipinski definition) is 6. The Hall–Kier alpha value is -13.5. The molecule has 18 aromatic carbocycles. The molecule has 0 spiro atoms. The van der Waals surface area contributed by atoms with E-state index < -0.39 is 0 Å². The fraction of sp³-hybridized carbons (Fsp3) is 0. The van der Waals surface area contributed by atoms with Crippen LogP contribution in [0.1, 0.15) is 0 Å². The summed E-state index contributed by atoms with van der Waals surface area (Å²) in [6.45, 7) is 0. The minimum atomic E-state index is 0.874. The highest BCUT2D eigenvalue weighted by Gasteiger charge is 2.21. The van der Waals surface area contributed by atoms with Gasteiger partial charge >= 0.3 is 0 Å². The molecule has 4 aromatic heterocycles. The van der Waals surface area contributed by atoms with Gasteiger partial charge in [-0.3, -0.25) is 0 Å². The van der Waals surface area contributed by atoms with Crippen LogP contribution >= 0.6 is 34.0 Å². The fourth-order valence-electron chi connectivity index (χ4n) is 16.9. The number of thiophene rings is 3. The van der Waals surface area contributed by atoms with Gasteiger partial charge in [0, 0.05) is 105 Å². The summed E-state index contributed by atoms with van der Waals surface area (Å²) >= 11 is 5.58. The van der Waals surface area contributed by atoms with Crippen molar-refractivity contribution in [2.75, 3.05) is 9.80 Å². The zero-order valence-corrected chi connectivity index (χ0v) is 61.9. The molecule has 0 bridgehead atoms. The van der Waals surface area contributed by atoms with Gasteiger partial charge in [-0.2, -0.15) is 0 Å². The summed E-state index contributed by atoms with van der Waals surface area (Å²) in [5.41, 5.74) is 25.0. The van der Waals surface area contributed by atoms with E-state index in [1.807, 2.05) is 46.1 Å². The molecule has 0 unspecified atom stereocenters. The zero-order valence-electron chi connectivity index (χ0n) is 59.5. The number of para-hydroxylation sites is 1. The lowest BCUT2D eigenvalue weighted by atomic mass is 9.91. The molecule has 0 aliphatic carbocycles. The Morgan fingerprint density at radius 2 is 0.491 bits per heavy atom. The summed E-state index contributed by atoms with van der Waals surface area (Å²) in [4.78, 5) is 4.77. The van der Waals surface area contributed by atoms with E-state index in [9.17, 15) is 0 Å². The van der Waals surface area contributed by atoms with Gasteiger partial charge in [0.05, 0.1) is 0 Å². The number of furan rings is 1. The first-order chi connectivity index (χ1) is 54.4. The molecule has 0 radical (unpaired) electrons. The van der Waals surface area contributed by atoms with E-state index in [1.54, 1.807) is 0 Å². The van der Waals surface area contributed by atoms with Crippen molar-refractivity contribution in [2.45, 2.75) is 0 Å². The molecule has 0 fully saturated rings. The Morgan fingerprint density at radius 1 is 0.164 bits per heavy atom. The van der Waals surface area contributed by atoms with Gasteiger partial charge in [0.15, 0.2) is 0 Å². The number of anilines is 6. The molecular formula is C104H64N2OS3. The van der Waals surface area contributed by atoms with Crippen molar-refractivity contribution in [1.29, 1.82) is 0 Å². The van der Waals surface area contributed by atoms with E-state index in [2.05, 4.69) is 386 Å². The maximum absolute atomic E-state index is 6.34. The average Bonchev–Trinajstić information content (AvgIpc) is 1.14. The van der Waals surface area contributed by atoms with Crippen LogP contribution in [0.4, 0.5) is 34.1 Å². The lowest BCUT2D eigenvalue weighted by Gasteiger charge is -2.26. The van der Waals surface area contributed by atoms with Crippen molar-refractivity contribution in [3.63, 3.8) is 0 Å². The highest BCUT2D eigenvalue weighted by molar-refractivity contribution is 7.26. The Balaban J connectivity index is 0.549. The summed E-state index contributed by atoms with van der Waals surface area (Å²) in [5.74, 6) is 0. The lowest BCUT2D eigenvalue weighted by molar-refractivity contribution is 0.669. The molecular weight excluding hydrogens is 1390 g/mol. The standard InChI is InChI=1S/C104H64N2OS3/c1-2-20-83-69(14-1)15-11-24-84(83)74-18-9-16-70(58-74)65-34-45-79(46-35-65)106(82-52-57-103-96(64-82)91-23-5-8-31-100(91)109-103)80-49-38-68(39-50-80)73-42-56-102-95(61-73)92-53-40-76(62-104(92)110-102)86-26-13-27-87-85(25-12-28-88(86)87)75-19-10-17-71(59-75)66-32-43-77(44-33-66)105(81-51-54-98-93(63-81)89-21-3-6-29-97(89)107-98)78-47-36-67(37-48-78)72-41-55-101-94(60-72)90-22-4-7-30-99(90)108-101/h1-64H. The predicted molar refractivity (Wildman–Crippen MR) is 475 cm³/mol. The highest BCUT2D eigenvalue weighted by Crippen LogP contribution is 2.47. The maximum Gasteiger partial charge on any atom is 0.135 e. The third-order valence-electron chi connectivity index (χ3n) is 22.3. The second-order valence-corrected chi connectivity index (χ2v) is 31.9. The van der Waals surface area contributed by atoms with Gasteiger partial charge in [-0.25, -0.2) is 0 Å². The van der Waals surface area contributed by atoms with Gasteiger partial charge < -0.3 is 14.2 Å². The van der Waals surface area contributed by atoms with Crippen LogP contribution in [0.15, 0.2) is 393 Å². The predicted octanol–water partition coefficient (Wildman–Crippen LogP) is 31.6. The van der Waals surface area contributed by atoms with Crippen LogP contribution in [0.3, 0.4) is 0 Å². The molecule has 4 heterocycles. The number of benzene rings is 18. The largest absolute Gasteiger partial charge is 0.456 e. The van der Waals surface area contributed by atoms with Crippen LogP contribution in [0.25, 0.3) is 182 Å². The first kappa shape index (κ1) is 63.8. The third-order valence-corrected chi connectivity index (χ3v) is 25.7. The molecule has 3 nitrogen and oxygen atoms in total. The first-order valence-electron chi connectivity index (χ1n) is 37.4. The fourth-order valence-corrected chi connectivity index (χ4v) is 20.2. The molecule has 0 saturated carbocycles. The smallest absolute Gasteiger partial charge is 0.135 e. The third kappa shape index (κ3) is 11.1. The van der Waals surface area contributed by atoms with E-state index in [4.69, 9.17) is 4.42 Å². The molecule has 0 aliphatic heterocycles. The Kier molecular flexibility index (Phi) is 15.2. The average molecular weight is 1450 g/mol. The molecule has 0 atom stereocenters. The first-order valence-corrected chi connectivity index (χ1v) is 39.8. The van der Waals surface area contributed by atoms with Crippen LogP contribution in [0.5, 0.6) is 0 Å². The molecule has 6 heteroatoms. The monoisotopic (exact) mass is 1450 g/mol. The van der Waals surface area contributed by atoms with E-state index in [0.717, 1.165) is 67.2 Å². The number of nitrogens with zero attached hydrogens (tertiary/aromatic N) is 2. The van der Waals surface area contributed by atoms with E-state index >= 15 is 0 Å². The SMILES string of the molecule is c1cc(-c2ccc(N(c3ccc(-c4ccc5sc6cc(-c7cccc8c(-c9cccc(-c%10ccc(N(c%11ccc(-c%12ccc%13sc%14ccccc%14c%13c%12)cc%11)c%11ccc%12oc%13ccccc%13c%12c%11)cc%10)c9)cccc78)ccc6c5c4)cc3)c3ccc4sc5ccccc5c4c3)cc2)cc(-c2cccc3ccccc23)c1. The van der Waals surface area contributed by atoms with Crippen LogP contribution in [-0.4, -0.2) is 0 Å². The summed E-state index contributed by atoms with van der Waals surface area (Å²) in [6.07, 6.45) is 0. The number of rotatable bonds is 13. The summed E-state index contributed by atoms with van der Waals surface area (Å²) in [7, 11) is 0. The van der Waals surface area contributed by atoms with Crippen molar-refractivity contribution < 1.29 is 4.42 Å². The Bertz CT molecular complexity index is 7400. The van der Waals surface area contributed by atoms with E-state index in [1.165, 1.54) is 149 Å². The summed E-state index contributed by atoms with van der Waals surface area (Å²) < 4.78 is 14.1. The van der Waals surface area contributed by atoms with E-state index in [-0.39, 0.29) is 0 Å². The van der Waals surface area contributed by atoms with Crippen LogP contribution in [-0.2, 0) is 0 Å². The van der Waals surface area contributed by atoms with Gasteiger partial charge in [-0.05, 0) is 245 Å². The summed E-state index contributed by atoms with van der Waals surface area (Å²) in [5, 5.41) is 14.9. The van der Waals surface area contributed by atoms with Crippen LogP contribution in [0, 0.1) is 0 Å². The molecule has 0 saturated heterocycles. The van der Waals surface area contributed by atoms with Gasteiger partial charge in [0.2, 0.25) is 0 Å². The second kappa shape index (κ2) is 26.2. The van der Waals surface area contributed by atoms with Crippen molar-refractivity contribution >= 4 is 172 Å². The molecule has 22 rings (SSSR count). The van der Waals surface area contributed by atoms with E-state index in [0.29, 0.717) is 0 Å². The normalized spacial score (nSPS) is 11.8. The lowest BCUT2D eigenvalue weighted by Crippen LogP contribution is -2.09. The van der Waals surface area contributed by atoms with Crippen molar-refractivity contribution in [3.8, 4) is 77.9 Å². The van der Waals surface area contributed by atoms with Crippen LogP contribution in [0.2, 0.25) is 0 Å². The molecule has 110 heavy (non-hydrogen) atoms. The van der Waals surface area contributed by atoms with Crippen molar-refractivity contribution in [1.82, 2.24) is 0 Å². The Morgan fingerprint density at radius 3 is 1.04 bits per heavy atom. The molecule has 0 N–H and O–H groups in total. The molecule has 514 valence electrons. The minimum Gasteiger partial charge on any atom is -0.456 e. The molecule has 0 aliphatic rings. The van der Waals surface area contributed by atoms with Gasteiger partial charge in [0.25, 0.3) is 0 Å². The van der Waals surface area contributed by atoms with Crippen molar-refractivity contribution in [3.05, 3.63) is 388 Å². The zero-order chi connectivity index (χ0) is 72.3. The Labute approximate surface area is 647 Å². The summed E-state index contributed by atoms with van der Waals surface area (Å²) in [6, 6.07) is 143. The van der Waals surface area contributed by atoms with Gasteiger partial charge in [-0.15, -0.1) is 34.0 Å². The topological polar surface area (TPSA) is 19.6 Å².